The highest BCUT2D eigenvalue weighted by Gasteiger charge is 2.28. The normalized spacial score (nSPS) is 13.3. The third kappa shape index (κ3) is 15.0. The van der Waals surface area contributed by atoms with E-state index in [0.29, 0.717) is 25.8 Å². The van der Waals surface area contributed by atoms with Crippen LogP contribution < -0.4 is 27.2 Å². The molecule has 0 unspecified atom stereocenters. The average Bonchev–Trinajstić information content (AvgIpc) is 2.82. The Kier molecular flexibility index (Phi) is 18.7. The van der Waals surface area contributed by atoms with Gasteiger partial charge in [0.05, 0.1) is 0 Å². The van der Waals surface area contributed by atoms with Gasteiger partial charge in [0.25, 0.3) is 5.91 Å². The van der Waals surface area contributed by atoms with E-state index in [0.717, 1.165) is 44.2 Å². The lowest BCUT2D eigenvalue weighted by atomic mass is 9.99. The monoisotopic (exact) mass is 527 g/mol. The molecule has 3 atom stereocenters. The number of hydrazine groups is 1. The summed E-state index contributed by atoms with van der Waals surface area (Å²) < 4.78 is 0. The van der Waals surface area contributed by atoms with Crippen molar-refractivity contribution in [3.8, 4) is 0 Å². The maximum atomic E-state index is 12.7. The smallest absolute Gasteiger partial charge is 0.251 e. The summed E-state index contributed by atoms with van der Waals surface area (Å²) in [6, 6.07) is 7.91. The summed E-state index contributed by atoms with van der Waals surface area (Å²) in [4.78, 5) is 36.9. The van der Waals surface area contributed by atoms with Crippen LogP contribution in [0.25, 0.3) is 0 Å². The van der Waals surface area contributed by atoms with Crippen LogP contribution in [0.3, 0.4) is 0 Å². The minimum atomic E-state index is -1.41. The molecule has 0 bridgehead atoms. The van der Waals surface area contributed by atoms with Gasteiger partial charge in [-0.05, 0) is 43.6 Å². The SMILES string of the molecule is CCCNNC(=O)CCCCCCNC(=O)[C@H](CC(C)C)NC(=O)[C@@H](O)[C@H](N)Cc1ccccc1.Cl. The molecule has 0 heterocycles. The summed E-state index contributed by atoms with van der Waals surface area (Å²) >= 11 is 0. The Labute approximate surface area is 222 Å². The second-order valence-corrected chi connectivity index (χ2v) is 9.42. The van der Waals surface area contributed by atoms with Gasteiger partial charge in [-0.1, -0.05) is 63.9 Å². The zero-order valence-corrected chi connectivity index (χ0v) is 22.7. The van der Waals surface area contributed by atoms with Crippen LogP contribution in [0.5, 0.6) is 0 Å². The quantitative estimate of drug-likeness (QED) is 0.127. The maximum absolute atomic E-state index is 12.7. The number of aliphatic hydroxyl groups is 1. The van der Waals surface area contributed by atoms with Crippen LogP contribution >= 0.6 is 12.4 Å². The molecule has 3 amide bonds. The number of hydrogen-bond donors (Lipinski definition) is 6. The molecule has 1 rings (SSSR count). The summed E-state index contributed by atoms with van der Waals surface area (Å²) in [5.41, 5.74) is 12.5. The molecule has 0 spiro atoms. The van der Waals surface area contributed by atoms with Crippen molar-refractivity contribution in [3.63, 3.8) is 0 Å². The molecule has 1 aromatic carbocycles. The lowest BCUT2D eigenvalue weighted by molar-refractivity contribution is -0.135. The van der Waals surface area contributed by atoms with Crippen LogP contribution in [0, 0.1) is 5.92 Å². The van der Waals surface area contributed by atoms with Gasteiger partial charge in [0.15, 0.2) is 0 Å². The van der Waals surface area contributed by atoms with Crippen molar-refractivity contribution >= 4 is 30.1 Å². The molecule has 9 nitrogen and oxygen atoms in total. The van der Waals surface area contributed by atoms with E-state index >= 15 is 0 Å². The predicted octanol–water partition coefficient (Wildman–Crippen LogP) is 1.97. The number of benzene rings is 1. The minimum absolute atomic E-state index is 0. The van der Waals surface area contributed by atoms with Gasteiger partial charge in [-0.2, -0.15) is 0 Å². The van der Waals surface area contributed by atoms with E-state index in [2.05, 4.69) is 21.5 Å². The van der Waals surface area contributed by atoms with Gasteiger partial charge in [-0.15, -0.1) is 12.4 Å². The molecule has 206 valence electrons. The number of hydrogen-bond acceptors (Lipinski definition) is 6. The van der Waals surface area contributed by atoms with E-state index in [4.69, 9.17) is 5.73 Å². The Morgan fingerprint density at radius 1 is 0.972 bits per heavy atom. The Bertz CT molecular complexity index is 751. The van der Waals surface area contributed by atoms with Crippen molar-refractivity contribution < 1.29 is 19.5 Å². The van der Waals surface area contributed by atoms with Gasteiger partial charge in [0.2, 0.25) is 11.8 Å². The van der Waals surface area contributed by atoms with Crippen LogP contribution in [0.2, 0.25) is 0 Å². The minimum Gasteiger partial charge on any atom is -0.382 e. The molecule has 0 fully saturated rings. The van der Waals surface area contributed by atoms with E-state index in [9.17, 15) is 19.5 Å². The first kappa shape index (κ1) is 33.8. The fourth-order valence-corrected chi connectivity index (χ4v) is 3.60. The zero-order chi connectivity index (χ0) is 26.1. The molecule has 0 aliphatic carbocycles. The number of nitrogens with one attached hydrogen (secondary N) is 4. The fourth-order valence-electron chi connectivity index (χ4n) is 3.60. The van der Waals surface area contributed by atoms with Crippen LogP contribution in [0.4, 0.5) is 0 Å². The highest BCUT2D eigenvalue weighted by molar-refractivity contribution is 5.89. The third-order valence-corrected chi connectivity index (χ3v) is 5.56. The van der Waals surface area contributed by atoms with Crippen molar-refractivity contribution in [1.29, 1.82) is 0 Å². The Hall–Kier alpha value is -2.20. The number of carbonyl (C=O) groups is 3. The maximum Gasteiger partial charge on any atom is 0.251 e. The van der Waals surface area contributed by atoms with E-state index in [1.807, 2.05) is 51.1 Å². The van der Waals surface area contributed by atoms with E-state index in [1.165, 1.54) is 0 Å². The number of carbonyl (C=O) groups excluding carboxylic acids is 3. The first-order valence-corrected chi connectivity index (χ1v) is 12.8. The number of unbranched alkanes of at least 4 members (excludes halogenated alkanes) is 3. The van der Waals surface area contributed by atoms with Crippen molar-refractivity contribution in [1.82, 2.24) is 21.5 Å². The van der Waals surface area contributed by atoms with Crippen LogP contribution in [0.15, 0.2) is 30.3 Å². The van der Waals surface area contributed by atoms with Gasteiger partial charge < -0.3 is 21.5 Å². The van der Waals surface area contributed by atoms with Gasteiger partial charge in [-0.3, -0.25) is 19.8 Å². The predicted molar refractivity (Wildman–Crippen MR) is 145 cm³/mol. The first-order valence-electron chi connectivity index (χ1n) is 12.8. The largest absolute Gasteiger partial charge is 0.382 e. The summed E-state index contributed by atoms with van der Waals surface area (Å²) in [5.74, 6) is -0.734. The van der Waals surface area contributed by atoms with Crippen molar-refractivity contribution in [2.45, 2.75) is 90.3 Å². The summed E-state index contributed by atoms with van der Waals surface area (Å²) in [7, 11) is 0. The van der Waals surface area contributed by atoms with Gasteiger partial charge >= 0.3 is 0 Å². The number of amides is 3. The Morgan fingerprint density at radius 2 is 1.64 bits per heavy atom. The van der Waals surface area contributed by atoms with Gasteiger partial charge in [0.1, 0.15) is 12.1 Å². The molecule has 0 aromatic heterocycles. The van der Waals surface area contributed by atoms with Crippen molar-refractivity contribution in [3.05, 3.63) is 35.9 Å². The average molecular weight is 528 g/mol. The van der Waals surface area contributed by atoms with Crippen LogP contribution in [0.1, 0.15) is 71.3 Å². The lowest BCUT2D eigenvalue weighted by Gasteiger charge is -2.24. The lowest BCUT2D eigenvalue weighted by Crippen LogP contribution is -2.54. The molecular formula is C26H46ClN5O4. The molecule has 36 heavy (non-hydrogen) atoms. The van der Waals surface area contributed by atoms with Gasteiger partial charge in [-0.25, -0.2) is 5.43 Å². The van der Waals surface area contributed by atoms with Gasteiger partial charge in [0, 0.05) is 25.6 Å². The molecule has 0 radical (unpaired) electrons. The number of halogens is 1. The second-order valence-electron chi connectivity index (χ2n) is 9.42. The fraction of sp³-hybridized carbons (Fsp3) is 0.654. The topological polar surface area (TPSA) is 146 Å². The molecular weight excluding hydrogens is 482 g/mol. The van der Waals surface area contributed by atoms with E-state index in [-0.39, 0.29) is 30.1 Å². The molecule has 0 saturated heterocycles. The van der Waals surface area contributed by atoms with Crippen LogP contribution in [-0.4, -0.2) is 54.1 Å². The summed E-state index contributed by atoms with van der Waals surface area (Å²) in [6.07, 6.45) is 4.20. The standard InChI is InChI=1S/C26H45N5O4.ClH/c1-4-15-29-31-23(32)14-10-5-6-11-16-28-25(34)22(17-19(2)3)30-26(35)24(33)21(27)18-20-12-8-7-9-13-20;/h7-9,12-13,19,21-22,24,29,33H,4-6,10-11,14-18,27H2,1-3H3,(H,28,34)(H,30,35)(H,31,32);1H/t21-,22+,24+;/m1./s1. The highest BCUT2D eigenvalue weighted by Crippen LogP contribution is 2.09. The summed E-state index contributed by atoms with van der Waals surface area (Å²) in [5, 5.41) is 16.0. The van der Waals surface area contributed by atoms with E-state index < -0.39 is 24.1 Å². The third-order valence-electron chi connectivity index (χ3n) is 5.56. The number of rotatable bonds is 18. The first-order chi connectivity index (χ1) is 16.7. The highest BCUT2D eigenvalue weighted by atomic mass is 35.5. The molecule has 10 heteroatoms. The van der Waals surface area contributed by atoms with E-state index in [1.54, 1.807) is 0 Å². The van der Waals surface area contributed by atoms with Crippen molar-refractivity contribution in [2.24, 2.45) is 11.7 Å². The van der Waals surface area contributed by atoms with Crippen LogP contribution in [-0.2, 0) is 20.8 Å². The molecule has 0 saturated carbocycles. The number of aliphatic hydroxyl groups excluding tert-OH is 1. The Morgan fingerprint density at radius 3 is 2.28 bits per heavy atom. The Balaban J connectivity index is 0.0000122. The molecule has 0 aliphatic heterocycles. The second kappa shape index (κ2) is 19.9. The molecule has 1 aromatic rings. The van der Waals surface area contributed by atoms with Crippen molar-refractivity contribution in [2.75, 3.05) is 13.1 Å². The summed E-state index contributed by atoms with van der Waals surface area (Å²) in [6.45, 7) is 7.21. The molecule has 7 N–H and O–H groups in total. The number of nitrogens with two attached hydrogens (primary N) is 1. The zero-order valence-electron chi connectivity index (χ0n) is 21.9. The molecule has 0 aliphatic rings.